The van der Waals surface area contributed by atoms with Crippen LogP contribution in [0.25, 0.3) is 0 Å². The smallest absolute Gasteiger partial charge is 0.131 e. The van der Waals surface area contributed by atoms with Crippen molar-refractivity contribution in [1.29, 1.82) is 0 Å². The molecular weight excluding hydrogens is 241 g/mol. The van der Waals surface area contributed by atoms with Crippen LogP contribution in [0.1, 0.15) is 52.1 Å². The zero-order chi connectivity index (χ0) is 14.5. The first kappa shape index (κ1) is 16.0. The van der Waals surface area contributed by atoms with Crippen LogP contribution in [0, 0.1) is 11.2 Å². The van der Waals surface area contributed by atoms with Crippen molar-refractivity contribution in [2.45, 2.75) is 46.6 Å². The summed E-state index contributed by atoms with van der Waals surface area (Å²) < 4.78 is 19.3. The second kappa shape index (κ2) is 6.90. The van der Waals surface area contributed by atoms with Crippen LogP contribution in [0.5, 0.6) is 5.75 Å². The minimum Gasteiger partial charge on any atom is -0.497 e. The molecule has 0 amide bonds. The van der Waals surface area contributed by atoms with Gasteiger partial charge in [0.2, 0.25) is 0 Å². The predicted octanol–water partition coefficient (Wildman–Crippen LogP) is 4.31. The molecule has 0 saturated heterocycles. The third-order valence-electron chi connectivity index (χ3n) is 3.81. The third-order valence-corrected chi connectivity index (χ3v) is 3.81. The standard InChI is InChI=1S/C16H26FNO/c1-6-10-18-15(16(3,4)7-2)13-9-8-12(19-5)11-14(13)17/h8-9,11,15,18H,6-7,10H2,1-5H3. The van der Waals surface area contributed by atoms with E-state index < -0.39 is 0 Å². The second-order valence-electron chi connectivity index (χ2n) is 5.62. The Balaban J connectivity index is 3.10. The molecular formula is C16H26FNO. The van der Waals surface area contributed by atoms with Crippen LogP contribution in [0.3, 0.4) is 0 Å². The third kappa shape index (κ3) is 3.93. The van der Waals surface area contributed by atoms with Crippen LogP contribution in [-0.4, -0.2) is 13.7 Å². The Labute approximate surface area is 116 Å². The molecule has 0 aliphatic heterocycles. The number of halogens is 1. The highest BCUT2D eigenvalue weighted by molar-refractivity contribution is 5.31. The summed E-state index contributed by atoms with van der Waals surface area (Å²) in [5.41, 5.74) is 0.728. The number of ether oxygens (including phenoxy) is 1. The van der Waals surface area contributed by atoms with Gasteiger partial charge in [-0.3, -0.25) is 0 Å². The van der Waals surface area contributed by atoms with Crippen molar-refractivity contribution in [3.63, 3.8) is 0 Å². The molecule has 1 N–H and O–H groups in total. The molecule has 1 unspecified atom stereocenters. The lowest BCUT2D eigenvalue weighted by molar-refractivity contribution is 0.229. The van der Waals surface area contributed by atoms with Gasteiger partial charge in [0.1, 0.15) is 11.6 Å². The van der Waals surface area contributed by atoms with E-state index >= 15 is 0 Å². The highest BCUT2D eigenvalue weighted by Gasteiger charge is 2.30. The van der Waals surface area contributed by atoms with E-state index in [-0.39, 0.29) is 17.3 Å². The molecule has 0 aliphatic rings. The summed E-state index contributed by atoms with van der Waals surface area (Å²) in [6.07, 6.45) is 2.02. The second-order valence-corrected chi connectivity index (χ2v) is 5.62. The first-order chi connectivity index (χ1) is 8.96. The van der Waals surface area contributed by atoms with E-state index in [1.807, 2.05) is 12.1 Å². The Kier molecular flexibility index (Phi) is 5.80. The van der Waals surface area contributed by atoms with Gasteiger partial charge in [0, 0.05) is 17.7 Å². The zero-order valence-electron chi connectivity index (χ0n) is 12.7. The van der Waals surface area contributed by atoms with E-state index in [1.165, 1.54) is 6.07 Å². The maximum atomic E-state index is 14.3. The average Bonchev–Trinajstić information content (AvgIpc) is 2.40. The molecule has 1 aromatic rings. The van der Waals surface area contributed by atoms with Gasteiger partial charge in [-0.15, -0.1) is 0 Å². The van der Waals surface area contributed by atoms with Crippen LogP contribution >= 0.6 is 0 Å². The Morgan fingerprint density at radius 2 is 2.00 bits per heavy atom. The quantitative estimate of drug-likeness (QED) is 0.794. The molecule has 108 valence electrons. The van der Waals surface area contributed by atoms with E-state index in [9.17, 15) is 4.39 Å². The molecule has 19 heavy (non-hydrogen) atoms. The van der Waals surface area contributed by atoms with Crippen molar-refractivity contribution < 1.29 is 9.13 Å². The molecule has 0 aromatic heterocycles. The molecule has 0 bridgehead atoms. The summed E-state index contributed by atoms with van der Waals surface area (Å²) in [6, 6.07) is 5.13. The fraction of sp³-hybridized carbons (Fsp3) is 0.625. The summed E-state index contributed by atoms with van der Waals surface area (Å²) >= 11 is 0. The molecule has 0 radical (unpaired) electrons. The Morgan fingerprint density at radius 3 is 2.47 bits per heavy atom. The van der Waals surface area contributed by atoms with Crippen molar-refractivity contribution in [2.75, 3.05) is 13.7 Å². The van der Waals surface area contributed by atoms with E-state index in [1.54, 1.807) is 7.11 Å². The lowest BCUT2D eigenvalue weighted by atomic mass is 9.78. The summed E-state index contributed by atoms with van der Waals surface area (Å²) in [4.78, 5) is 0. The minimum absolute atomic E-state index is 0.00456. The monoisotopic (exact) mass is 267 g/mol. The van der Waals surface area contributed by atoms with Gasteiger partial charge in [0.05, 0.1) is 7.11 Å². The number of methoxy groups -OCH3 is 1. The maximum absolute atomic E-state index is 14.3. The van der Waals surface area contributed by atoms with Crippen LogP contribution in [0.15, 0.2) is 18.2 Å². The molecule has 2 nitrogen and oxygen atoms in total. The highest BCUT2D eigenvalue weighted by atomic mass is 19.1. The maximum Gasteiger partial charge on any atom is 0.131 e. The number of benzene rings is 1. The molecule has 0 saturated carbocycles. The van der Waals surface area contributed by atoms with Crippen molar-refractivity contribution in [3.05, 3.63) is 29.6 Å². The van der Waals surface area contributed by atoms with Crippen LogP contribution < -0.4 is 10.1 Å². The largest absolute Gasteiger partial charge is 0.497 e. The first-order valence-corrected chi connectivity index (χ1v) is 7.03. The minimum atomic E-state index is -0.200. The van der Waals surface area contributed by atoms with Gasteiger partial charge in [-0.1, -0.05) is 33.8 Å². The fourth-order valence-electron chi connectivity index (χ4n) is 2.17. The van der Waals surface area contributed by atoms with Gasteiger partial charge in [-0.2, -0.15) is 0 Å². The molecule has 1 rings (SSSR count). The van der Waals surface area contributed by atoms with E-state index in [2.05, 4.69) is 33.0 Å². The Bertz CT molecular complexity index is 404. The van der Waals surface area contributed by atoms with E-state index in [0.717, 1.165) is 24.9 Å². The Morgan fingerprint density at radius 1 is 1.32 bits per heavy atom. The van der Waals surface area contributed by atoms with Crippen LogP contribution in [-0.2, 0) is 0 Å². The summed E-state index contributed by atoms with van der Waals surface area (Å²) in [6.45, 7) is 9.49. The molecule has 3 heteroatoms. The number of hydrogen-bond acceptors (Lipinski definition) is 2. The van der Waals surface area contributed by atoms with Crippen LogP contribution in [0.2, 0.25) is 0 Å². The SMILES string of the molecule is CCCNC(c1ccc(OC)cc1F)C(C)(C)CC. The van der Waals surface area contributed by atoms with Gasteiger partial charge in [0.25, 0.3) is 0 Å². The van der Waals surface area contributed by atoms with Crippen molar-refractivity contribution in [1.82, 2.24) is 5.32 Å². The van der Waals surface area contributed by atoms with Gasteiger partial charge < -0.3 is 10.1 Å². The first-order valence-electron chi connectivity index (χ1n) is 7.03. The van der Waals surface area contributed by atoms with Crippen molar-refractivity contribution >= 4 is 0 Å². The topological polar surface area (TPSA) is 21.3 Å². The molecule has 1 atom stereocenters. The van der Waals surface area contributed by atoms with Crippen molar-refractivity contribution in [3.8, 4) is 5.75 Å². The van der Waals surface area contributed by atoms with Gasteiger partial charge in [0.15, 0.2) is 0 Å². The molecule has 0 aliphatic carbocycles. The lowest BCUT2D eigenvalue weighted by Crippen LogP contribution is -2.35. The van der Waals surface area contributed by atoms with Gasteiger partial charge in [-0.05, 0) is 30.9 Å². The molecule has 0 fully saturated rings. The molecule has 1 aromatic carbocycles. The molecule has 0 spiro atoms. The number of rotatable bonds is 7. The fourth-order valence-corrected chi connectivity index (χ4v) is 2.17. The Hall–Kier alpha value is -1.09. The van der Waals surface area contributed by atoms with Gasteiger partial charge in [-0.25, -0.2) is 4.39 Å². The predicted molar refractivity (Wildman–Crippen MR) is 78.1 cm³/mol. The number of hydrogen-bond donors (Lipinski definition) is 1. The van der Waals surface area contributed by atoms with E-state index in [4.69, 9.17) is 4.74 Å². The number of nitrogens with one attached hydrogen (secondary N) is 1. The van der Waals surface area contributed by atoms with Gasteiger partial charge >= 0.3 is 0 Å². The summed E-state index contributed by atoms with van der Waals surface area (Å²) in [5.74, 6) is 0.360. The highest BCUT2D eigenvalue weighted by Crippen LogP contribution is 2.38. The van der Waals surface area contributed by atoms with Crippen LogP contribution in [0.4, 0.5) is 4.39 Å². The normalized spacial score (nSPS) is 13.4. The lowest BCUT2D eigenvalue weighted by Gasteiger charge is -2.35. The van der Waals surface area contributed by atoms with E-state index in [0.29, 0.717) is 5.75 Å². The molecule has 0 heterocycles. The zero-order valence-corrected chi connectivity index (χ0v) is 12.7. The summed E-state index contributed by atoms with van der Waals surface area (Å²) in [7, 11) is 1.55. The summed E-state index contributed by atoms with van der Waals surface area (Å²) in [5, 5.41) is 3.47. The average molecular weight is 267 g/mol. The van der Waals surface area contributed by atoms with Crippen molar-refractivity contribution in [2.24, 2.45) is 5.41 Å².